The quantitative estimate of drug-likeness (QED) is 0.788. The minimum absolute atomic E-state index is 0.0724. The molecule has 0 aliphatic carbocycles. The molecule has 0 saturated heterocycles. The number of nitrogens with one attached hydrogen (secondary N) is 1. The molecule has 1 aromatic rings. The number of hydrogen-bond acceptors (Lipinski definition) is 2. The average Bonchev–Trinajstić information content (AvgIpc) is 2.35. The second kappa shape index (κ2) is 6.35. The van der Waals surface area contributed by atoms with Crippen LogP contribution in [0.4, 0.5) is 0 Å². The van der Waals surface area contributed by atoms with Gasteiger partial charge in [-0.25, -0.2) is 0 Å². The largest absolute Gasteiger partial charge is 0.389 e. The van der Waals surface area contributed by atoms with Gasteiger partial charge in [0.15, 0.2) is 0 Å². The van der Waals surface area contributed by atoms with Gasteiger partial charge in [0.2, 0.25) is 0 Å². The molecule has 0 spiro atoms. The fourth-order valence-corrected chi connectivity index (χ4v) is 1.70. The fraction of sp³-hybridized carbons (Fsp3) is 0.385. The summed E-state index contributed by atoms with van der Waals surface area (Å²) in [6, 6.07) is 7.29. The lowest BCUT2D eigenvalue weighted by atomic mass is 10.1. The Morgan fingerprint density at radius 2 is 1.94 bits per heavy atom. The average molecular weight is 250 g/mol. The summed E-state index contributed by atoms with van der Waals surface area (Å²) in [5.41, 5.74) is 6.86. The molecule has 0 saturated carbocycles. The van der Waals surface area contributed by atoms with Crippen LogP contribution in [-0.2, 0) is 0 Å². The van der Waals surface area contributed by atoms with Gasteiger partial charge in [0.25, 0.3) is 5.91 Å². The highest BCUT2D eigenvalue weighted by Crippen LogP contribution is 2.06. The lowest BCUT2D eigenvalue weighted by Gasteiger charge is -2.14. The molecule has 4 heteroatoms. The maximum atomic E-state index is 12.0. The van der Waals surface area contributed by atoms with Crippen LogP contribution in [0.5, 0.6) is 0 Å². The number of amides is 1. The molecular formula is C13H18N2OS. The van der Waals surface area contributed by atoms with Crippen LogP contribution in [0.1, 0.15) is 42.6 Å². The topological polar surface area (TPSA) is 55.1 Å². The Balaban J connectivity index is 2.82. The van der Waals surface area contributed by atoms with Gasteiger partial charge in [0.05, 0.1) is 0 Å². The van der Waals surface area contributed by atoms with Gasteiger partial charge in [0.1, 0.15) is 4.99 Å². The van der Waals surface area contributed by atoms with Gasteiger partial charge in [0, 0.05) is 17.2 Å². The Morgan fingerprint density at radius 1 is 1.35 bits per heavy atom. The zero-order valence-corrected chi connectivity index (χ0v) is 11.0. The van der Waals surface area contributed by atoms with Crippen molar-refractivity contribution in [2.24, 2.45) is 5.73 Å². The van der Waals surface area contributed by atoms with E-state index in [2.05, 4.69) is 19.2 Å². The van der Waals surface area contributed by atoms with Crippen molar-refractivity contribution in [2.45, 2.75) is 32.7 Å². The molecule has 0 fully saturated rings. The van der Waals surface area contributed by atoms with E-state index in [4.69, 9.17) is 18.0 Å². The molecule has 0 aliphatic rings. The van der Waals surface area contributed by atoms with E-state index in [1.807, 2.05) is 0 Å². The first-order valence-corrected chi connectivity index (χ1v) is 6.20. The molecule has 92 valence electrons. The predicted molar refractivity (Wildman–Crippen MR) is 74.2 cm³/mol. The van der Waals surface area contributed by atoms with Gasteiger partial charge in [-0.05, 0) is 25.0 Å². The molecule has 3 N–H and O–H groups in total. The van der Waals surface area contributed by atoms with E-state index in [0.717, 1.165) is 18.4 Å². The van der Waals surface area contributed by atoms with E-state index < -0.39 is 0 Å². The maximum absolute atomic E-state index is 12.0. The van der Waals surface area contributed by atoms with Crippen molar-refractivity contribution in [3.8, 4) is 0 Å². The Hall–Kier alpha value is -1.42. The van der Waals surface area contributed by atoms with Gasteiger partial charge in [-0.2, -0.15) is 0 Å². The Labute approximate surface area is 107 Å². The highest BCUT2D eigenvalue weighted by atomic mass is 32.1. The normalized spacial score (nSPS) is 10.3. The molecule has 1 rings (SSSR count). The summed E-state index contributed by atoms with van der Waals surface area (Å²) in [6.45, 7) is 4.11. The van der Waals surface area contributed by atoms with Crippen molar-refractivity contribution in [1.82, 2.24) is 5.32 Å². The number of carbonyl (C=O) groups is 1. The predicted octanol–water partition coefficient (Wildman–Crippen LogP) is 2.24. The molecule has 0 bridgehead atoms. The van der Waals surface area contributed by atoms with Crippen LogP contribution < -0.4 is 11.1 Å². The summed E-state index contributed by atoms with van der Waals surface area (Å²) in [5.74, 6) is -0.0724. The van der Waals surface area contributed by atoms with Crippen molar-refractivity contribution < 1.29 is 4.79 Å². The van der Waals surface area contributed by atoms with Crippen molar-refractivity contribution in [1.29, 1.82) is 0 Å². The number of hydrogen-bond donors (Lipinski definition) is 2. The lowest BCUT2D eigenvalue weighted by Crippen LogP contribution is -2.33. The first-order valence-electron chi connectivity index (χ1n) is 5.79. The fourth-order valence-electron chi connectivity index (χ4n) is 1.58. The van der Waals surface area contributed by atoms with E-state index in [1.165, 1.54) is 0 Å². The molecule has 0 heterocycles. The van der Waals surface area contributed by atoms with Gasteiger partial charge < -0.3 is 11.1 Å². The van der Waals surface area contributed by atoms with Crippen molar-refractivity contribution in [3.05, 3.63) is 35.4 Å². The first kappa shape index (κ1) is 13.6. The number of thiocarbonyl (C=S) groups is 1. The molecule has 17 heavy (non-hydrogen) atoms. The monoisotopic (exact) mass is 250 g/mol. The van der Waals surface area contributed by atoms with Crippen LogP contribution >= 0.6 is 12.2 Å². The van der Waals surface area contributed by atoms with E-state index >= 15 is 0 Å². The summed E-state index contributed by atoms with van der Waals surface area (Å²) < 4.78 is 0. The summed E-state index contributed by atoms with van der Waals surface area (Å²) in [5, 5.41) is 2.98. The SMILES string of the molecule is CCC(CC)NC(=O)c1cccc(C(N)=S)c1. The molecule has 0 unspecified atom stereocenters. The second-order valence-corrected chi connectivity index (χ2v) is 4.37. The van der Waals surface area contributed by atoms with Crippen LogP contribution in [0, 0.1) is 0 Å². The van der Waals surface area contributed by atoms with E-state index in [0.29, 0.717) is 10.6 Å². The Morgan fingerprint density at radius 3 is 2.47 bits per heavy atom. The standard InChI is InChI=1S/C13H18N2OS/c1-3-11(4-2)15-13(16)10-7-5-6-9(8-10)12(14)17/h5-8,11H,3-4H2,1-2H3,(H2,14,17)(H,15,16). The third-order valence-electron chi connectivity index (χ3n) is 2.73. The van der Waals surface area contributed by atoms with E-state index in [-0.39, 0.29) is 11.9 Å². The summed E-state index contributed by atoms with van der Waals surface area (Å²) in [4.78, 5) is 12.3. The first-order chi connectivity index (χ1) is 8.08. The van der Waals surface area contributed by atoms with Crippen LogP contribution in [0.3, 0.4) is 0 Å². The van der Waals surface area contributed by atoms with Crippen LogP contribution in [0.2, 0.25) is 0 Å². The smallest absolute Gasteiger partial charge is 0.251 e. The molecule has 1 aromatic carbocycles. The lowest BCUT2D eigenvalue weighted by molar-refractivity contribution is 0.0935. The summed E-state index contributed by atoms with van der Waals surface area (Å²) >= 11 is 4.89. The molecule has 0 atom stereocenters. The Kier molecular flexibility index (Phi) is 5.10. The molecule has 1 amide bonds. The maximum Gasteiger partial charge on any atom is 0.251 e. The summed E-state index contributed by atoms with van der Waals surface area (Å²) in [6.07, 6.45) is 1.86. The number of carbonyl (C=O) groups excluding carboxylic acids is 1. The number of rotatable bonds is 5. The van der Waals surface area contributed by atoms with Gasteiger partial charge in [-0.1, -0.05) is 38.2 Å². The zero-order chi connectivity index (χ0) is 12.8. The third-order valence-corrected chi connectivity index (χ3v) is 2.97. The van der Waals surface area contributed by atoms with Crippen LogP contribution in [0.15, 0.2) is 24.3 Å². The third kappa shape index (κ3) is 3.82. The molecule has 0 aromatic heterocycles. The van der Waals surface area contributed by atoms with Crippen molar-refractivity contribution >= 4 is 23.1 Å². The highest BCUT2D eigenvalue weighted by Gasteiger charge is 2.11. The minimum Gasteiger partial charge on any atom is -0.389 e. The zero-order valence-electron chi connectivity index (χ0n) is 10.2. The minimum atomic E-state index is -0.0724. The van der Waals surface area contributed by atoms with Gasteiger partial charge in [-0.15, -0.1) is 0 Å². The highest BCUT2D eigenvalue weighted by molar-refractivity contribution is 7.80. The number of nitrogens with two attached hydrogens (primary N) is 1. The molecule has 3 nitrogen and oxygen atoms in total. The number of benzene rings is 1. The van der Waals surface area contributed by atoms with E-state index in [1.54, 1.807) is 24.3 Å². The van der Waals surface area contributed by atoms with Gasteiger partial charge >= 0.3 is 0 Å². The van der Waals surface area contributed by atoms with Crippen LogP contribution in [-0.4, -0.2) is 16.9 Å². The summed E-state index contributed by atoms with van der Waals surface area (Å²) in [7, 11) is 0. The Bertz CT molecular complexity index is 414. The van der Waals surface area contributed by atoms with Crippen LogP contribution in [0.25, 0.3) is 0 Å². The van der Waals surface area contributed by atoms with E-state index in [9.17, 15) is 4.79 Å². The van der Waals surface area contributed by atoms with Crippen molar-refractivity contribution in [2.75, 3.05) is 0 Å². The molecule has 0 radical (unpaired) electrons. The molecule has 0 aliphatic heterocycles. The van der Waals surface area contributed by atoms with Crippen molar-refractivity contribution in [3.63, 3.8) is 0 Å². The second-order valence-electron chi connectivity index (χ2n) is 3.93. The van der Waals surface area contributed by atoms with Gasteiger partial charge in [-0.3, -0.25) is 4.79 Å². The molecular weight excluding hydrogens is 232 g/mol.